The fourth-order valence-corrected chi connectivity index (χ4v) is 4.09. The minimum Gasteiger partial charge on any atom is -0.323 e. The zero-order valence-electron chi connectivity index (χ0n) is 13.9. The van der Waals surface area contributed by atoms with Gasteiger partial charge in [0.2, 0.25) is 0 Å². The number of rotatable bonds is 3. The van der Waals surface area contributed by atoms with Gasteiger partial charge in [0.15, 0.2) is 5.65 Å². The molecule has 24 heavy (non-hydrogen) atoms. The number of hydrogen-bond donors (Lipinski definition) is 0. The highest BCUT2D eigenvalue weighted by atomic mass is 32.1. The summed E-state index contributed by atoms with van der Waals surface area (Å²) in [5.41, 5.74) is 3.82. The summed E-state index contributed by atoms with van der Waals surface area (Å²) in [5.74, 6) is 0. The van der Waals surface area contributed by atoms with Crippen LogP contribution in [-0.2, 0) is 20.0 Å². The number of aryl methyl sites for hydroxylation is 3. The average Bonchev–Trinajstić information content (AvgIpc) is 3.08. The smallest absolute Gasteiger partial charge is 0.291 e. The van der Waals surface area contributed by atoms with Crippen molar-refractivity contribution in [1.82, 2.24) is 19.3 Å². The van der Waals surface area contributed by atoms with E-state index in [1.165, 1.54) is 10.2 Å². The van der Waals surface area contributed by atoms with Gasteiger partial charge in [0.1, 0.15) is 5.52 Å². The number of fused-ring (bicyclic) bond motifs is 3. The minimum absolute atomic E-state index is 0.0697. The van der Waals surface area contributed by atoms with E-state index in [0.29, 0.717) is 12.1 Å². The Morgan fingerprint density at radius 3 is 2.83 bits per heavy atom. The lowest BCUT2D eigenvalue weighted by Gasteiger charge is -2.07. The summed E-state index contributed by atoms with van der Waals surface area (Å²) in [4.78, 5) is 17.5. The van der Waals surface area contributed by atoms with Gasteiger partial charge < -0.3 is 4.57 Å². The molecule has 0 bridgehead atoms. The van der Waals surface area contributed by atoms with Crippen LogP contribution in [0.4, 0.5) is 0 Å². The first-order valence-electron chi connectivity index (χ1n) is 7.98. The molecule has 0 aliphatic carbocycles. The molecule has 4 rings (SSSR count). The van der Waals surface area contributed by atoms with Gasteiger partial charge in [-0.25, -0.2) is 9.67 Å². The van der Waals surface area contributed by atoms with E-state index in [9.17, 15) is 4.79 Å². The molecule has 0 aliphatic heterocycles. The highest BCUT2D eigenvalue weighted by molar-refractivity contribution is 7.19. The van der Waals surface area contributed by atoms with Crippen LogP contribution in [0.1, 0.15) is 23.1 Å². The second-order valence-electron chi connectivity index (χ2n) is 5.99. The Balaban J connectivity index is 1.86. The zero-order chi connectivity index (χ0) is 16.8. The third-order valence-electron chi connectivity index (χ3n) is 4.36. The van der Waals surface area contributed by atoms with Gasteiger partial charge in [-0.15, -0.1) is 11.3 Å². The predicted molar refractivity (Wildman–Crippen MR) is 97.8 cm³/mol. The molecule has 0 N–H and O–H groups in total. The first kappa shape index (κ1) is 15.1. The number of nitrogens with zero attached hydrogens (tertiary/aromatic N) is 4. The normalized spacial score (nSPS) is 11.6. The molecule has 0 saturated heterocycles. The molecular weight excluding hydrogens is 320 g/mol. The monoisotopic (exact) mass is 338 g/mol. The van der Waals surface area contributed by atoms with Crippen LogP contribution in [0.5, 0.6) is 0 Å². The highest BCUT2D eigenvalue weighted by Crippen LogP contribution is 2.30. The van der Waals surface area contributed by atoms with Crippen molar-refractivity contribution in [3.05, 3.63) is 57.0 Å². The van der Waals surface area contributed by atoms with Crippen molar-refractivity contribution in [2.75, 3.05) is 0 Å². The molecule has 122 valence electrons. The lowest BCUT2D eigenvalue weighted by atomic mass is 10.1. The first-order valence-corrected chi connectivity index (χ1v) is 8.79. The molecule has 0 amide bonds. The molecule has 0 fully saturated rings. The van der Waals surface area contributed by atoms with Gasteiger partial charge in [-0.05, 0) is 24.5 Å². The second-order valence-corrected chi connectivity index (χ2v) is 7.19. The Hall–Kier alpha value is -2.47. The molecule has 6 heteroatoms. The van der Waals surface area contributed by atoms with Gasteiger partial charge in [0, 0.05) is 12.4 Å². The maximum absolute atomic E-state index is 12.9. The van der Waals surface area contributed by atoms with Crippen LogP contribution in [0.25, 0.3) is 21.3 Å². The lowest BCUT2D eigenvalue weighted by molar-refractivity contribution is 0.643. The molecule has 5 nitrogen and oxygen atoms in total. The van der Waals surface area contributed by atoms with Gasteiger partial charge in [-0.3, -0.25) is 4.79 Å². The van der Waals surface area contributed by atoms with Gasteiger partial charge in [0.05, 0.1) is 22.4 Å². The summed E-state index contributed by atoms with van der Waals surface area (Å²) < 4.78 is 4.46. The topological polar surface area (TPSA) is 52.7 Å². The third-order valence-corrected chi connectivity index (χ3v) is 5.36. The second kappa shape index (κ2) is 5.56. The summed E-state index contributed by atoms with van der Waals surface area (Å²) in [7, 11) is 1.90. The Morgan fingerprint density at radius 2 is 2.04 bits per heavy atom. The molecule has 0 atom stereocenters. The van der Waals surface area contributed by atoms with Crippen molar-refractivity contribution < 1.29 is 0 Å². The van der Waals surface area contributed by atoms with Crippen LogP contribution >= 0.6 is 11.3 Å². The molecule has 0 unspecified atom stereocenters. The number of hydrogen-bond acceptors (Lipinski definition) is 4. The summed E-state index contributed by atoms with van der Waals surface area (Å²) >= 11 is 1.61. The molecular formula is C18H18N4OS. The summed E-state index contributed by atoms with van der Waals surface area (Å²) in [5, 5.41) is 6.29. The summed E-state index contributed by atoms with van der Waals surface area (Å²) in [6.45, 7) is 4.58. The zero-order valence-corrected chi connectivity index (χ0v) is 14.7. The van der Waals surface area contributed by atoms with Crippen molar-refractivity contribution >= 4 is 32.6 Å². The van der Waals surface area contributed by atoms with Gasteiger partial charge in [0.25, 0.3) is 5.56 Å². The van der Waals surface area contributed by atoms with Crippen molar-refractivity contribution in [3.8, 4) is 0 Å². The van der Waals surface area contributed by atoms with Crippen LogP contribution in [0.15, 0.2) is 35.3 Å². The van der Waals surface area contributed by atoms with E-state index in [2.05, 4.69) is 29.1 Å². The average molecular weight is 338 g/mol. The lowest BCUT2D eigenvalue weighted by Crippen LogP contribution is -2.24. The standard InChI is InChI=1S/C18H18N4OS/c1-4-12-6-5-7-13(8-12)10-22-18(23)15-14(9-19-22)16-17(21(15)3)20-11(2)24-16/h5-9H,4,10H2,1-3H3. The summed E-state index contributed by atoms with van der Waals surface area (Å²) in [6.07, 6.45) is 2.77. The van der Waals surface area contributed by atoms with Crippen molar-refractivity contribution in [1.29, 1.82) is 0 Å². The highest BCUT2D eigenvalue weighted by Gasteiger charge is 2.17. The Morgan fingerprint density at radius 1 is 1.25 bits per heavy atom. The molecule has 0 spiro atoms. The molecule has 0 aliphatic rings. The van der Waals surface area contributed by atoms with Crippen LogP contribution in [0.2, 0.25) is 0 Å². The van der Waals surface area contributed by atoms with E-state index in [0.717, 1.165) is 32.7 Å². The van der Waals surface area contributed by atoms with Crippen molar-refractivity contribution in [2.45, 2.75) is 26.8 Å². The molecule has 3 heterocycles. The quantitative estimate of drug-likeness (QED) is 0.576. The Kier molecular flexibility index (Phi) is 3.49. The third kappa shape index (κ3) is 2.26. The van der Waals surface area contributed by atoms with Crippen LogP contribution in [-0.4, -0.2) is 19.3 Å². The van der Waals surface area contributed by atoms with E-state index in [4.69, 9.17) is 0 Å². The van der Waals surface area contributed by atoms with Crippen molar-refractivity contribution in [3.63, 3.8) is 0 Å². The Labute approximate surface area is 143 Å². The van der Waals surface area contributed by atoms with Crippen LogP contribution < -0.4 is 5.56 Å². The SMILES string of the molecule is CCc1cccc(Cn2ncc3c4sc(C)nc4n(C)c3c2=O)c1. The van der Waals surface area contributed by atoms with Crippen LogP contribution in [0, 0.1) is 6.92 Å². The molecule has 0 radical (unpaired) electrons. The molecule has 3 aromatic heterocycles. The maximum atomic E-state index is 12.9. The predicted octanol–water partition coefficient (Wildman–Crippen LogP) is 3.26. The molecule has 0 saturated carbocycles. The van der Waals surface area contributed by atoms with Gasteiger partial charge in [-0.2, -0.15) is 5.10 Å². The van der Waals surface area contributed by atoms with E-state index < -0.39 is 0 Å². The Bertz CT molecular complexity index is 1120. The molecule has 4 aromatic rings. The van der Waals surface area contributed by atoms with E-state index in [-0.39, 0.29) is 5.56 Å². The fraction of sp³-hybridized carbons (Fsp3) is 0.278. The van der Waals surface area contributed by atoms with E-state index in [1.807, 2.05) is 30.7 Å². The number of thiazole rings is 1. The van der Waals surface area contributed by atoms with Crippen LogP contribution in [0.3, 0.4) is 0 Å². The minimum atomic E-state index is -0.0697. The summed E-state index contributed by atoms with van der Waals surface area (Å²) in [6, 6.07) is 8.30. The number of benzene rings is 1. The maximum Gasteiger partial charge on any atom is 0.291 e. The molecule has 1 aromatic carbocycles. The van der Waals surface area contributed by atoms with Gasteiger partial charge in [-0.1, -0.05) is 31.2 Å². The number of aromatic nitrogens is 4. The van der Waals surface area contributed by atoms with Crippen molar-refractivity contribution in [2.24, 2.45) is 7.05 Å². The first-order chi connectivity index (χ1) is 11.6. The largest absolute Gasteiger partial charge is 0.323 e. The fourth-order valence-electron chi connectivity index (χ4n) is 3.13. The van der Waals surface area contributed by atoms with E-state index in [1.54, 1.807) is 17.5 Å². The van der Waals surface area contributed by atoms with E-state index >= 15 is 0 Å². The van der Waals surface area contributed by atoms with Gasteiger partial charge >= 0.3 is 0 Å².